The number of nitrogens with zero attached hydrogens (tertiary/aromatic N) is 5. The molecule has 0 radical (unpaired) electrons. The number of H-pyrrole nitrogens is 1. The fourth-order valence-corrected chi connectivity index (χ4v) is 2.36. The Bertz CT molecular complexity index is 919. The molecule has 0 atom stereocenters. The van der Waals surface area contributed by atoms with Crippen LogP contribution in [0.4, 0.5) is 13.2 Å². The molecule has 0 saturated heterocycles. The predicted molar refractivity (Wildman–Crippen MR) is 76.2 cm³/mol. The second-order valence-electron chi connectivity index (χ2n) is 5.10. The van der Waals surface area contributed by atoms with Gasteiger partial charge >= 0.3 is 6.18 Å². The minimum atomic E-state index is -4.69. The van der Waals surface area contributed by atoms with E-state index in [2.05, 4.69) is 20.3 Å². The summed E-state index contributed by atoms with van der Waals surface area (Å²) in [5.74, 6) is -0.985. The summed E-state index contributed by atoms with van der Waals surface area (Å²) < 4.78 is 42.4. The zero-order valence-corrected chi connectivity index (χ0v) is 12.6. The van der Waals surface area contributed by atoms with Crippen molar-refractivity contribution in [3.8, 4) is 16.9 Å². The summed E-state index contributed by atoms with van der Waals surface area (Å²) in [5, 5.41) is 10.0. The van der Waals surface area contributed by atoms with Gasteiger partial charge in [0.25, 0.3) is 5.91 Å². The van der Waals surface area contributed by atoms with Crippen molar-refractivity contribution < 1.29 is 18.0 Å². The number of hydrogen-bond donors (Lipinski definition) is 2. The van der Waals surface area contributed by atoms with Crippen LogP contribution in [0.2, 0.25) is 0 Å². The molecule has 0 saturated carbocycles. The van der Waals surface area contributed by atoms with Gasteiger partial charge in [-0.15, -0.1) is 0 Å². The lowest BCUT2D eigenvalue weighted by Gasteiger charge is -2.07. The number of halogens is 3. The summed E-state index contributed by atoms with van der Waals surface area (Å²) in [6.45, 7) is 1.66. The van der Waals surface area contributed by atoms with Gasteiger partial charge in [-0.3, -0.25) is 9.89 Å². The Morgan fingerprint density at radius 2 is 2.04 bits per heavy atom. The number of hydrogen-bond acceptors (Lipinski definition) is 4. The number of aromatic nitrogens is 6. The zero-order valence-electron chi connectivity index (χ0n) is 12.6. The van der Waals surface area contributed by atoms with Crippen LogP contribution in [0, 0.1) is 6.92 Å². The normalized spacial score (nSPS) is 11.9. The molecule has 1 amide bonds. The van der Waals surface area contributed by atoms with E-state index in [0.29, 0.717) is 11.4 Å². The first-order chi connectivity index (χ1) is 11.2. The molecule has 3 rings (SSSR count). The van der Waals surface area contributed by atoms with Crippen molar-refractivity contribution in [3.63, 3.8) is 0 Å². The summed E-state index contributed by atoms with van der Waals surface area (Å²) in [5.41, 5.74) is 4.85. The third-order valence-electron chi connectivity index (χ3n) is 3.52. The molecule has 0 aliphatic heterocycles. The van der Waals surface area contributed by atoms with Gasteiger partial charge in [0.15, 0.2) is 11.5 Å². The van der Waals surface area contributed by atoms with Crippen molar-refractivity contribution in [1.29, 1.82) is 0 Å². The number of primary amides is 1. The third-order valence-corrected chi connectivity index (χ3v) is 3.52. The highest BCUT2D eigenvalue weighted by molar-refractivity contribution is 5.90. The first-order valence-corrected chi connectivity index (χ1v) is 6.69. The van der Waals surface area contributed by atoms with E-state index in [0.717, 1.165) is 10.9 Å². The van der Waals surface area contributed by atoms with Gasteiger partial charge in [-0.05, 0) is 6.92 Å². The Morgan fingerprint density at radius 3 is 2.54 bits per heavy atom. The van der Waals surface area contributed by atoms with Gasteiger partial charge in [0.05, 0.1) is 29.3 Å². The molecule has 0 aliphatic carbocycles. The van der Waals surface area contributed by atoms with Crippen LogP contribution in [0.1, 0.15) is 22.0 Å². The van der Waals surface area contributed by atoms with E-state index < -0.39 is 17.8 Å². The van der Waals surface area contributed by atoms with E-state index in [9.17, 15) is 18.0 Å². The van der Waals surface area contributed by atoms with E-state index >= 15 is 0 Å². The molecule has 0 fully saturated rings. The maximum atomic E-state index is 13.4. The molecule has 24 heavy (non-hydrogen) atoms. The largest absolute Gasteiger partial charge is 0.435 e. The molecule has 11 heteroatoms. The highest BCUT2D eigenvalue weighted by atomic mass is 19.4. The molecule has 3 heterocycles. The Balaban J connectivity index is 2.22. The summed E-state index contributed by atoms with van der Waals surface area (Å²) in [6.07, 6.45) is -0.957. The number of aryl methyl sites for hydroxylation is 1. The van der Waals surface area contributed by atoms with Crippen molar-refractivity contribution in [2.24, 2.45) is 12.8 Å². The molecule has 3 aromatic heterocycles. The Kier molecular flexibility index (Phi) is 3.43. The van der Waals surface area contributed by atoms with Crippen LogP contribution in [0.15, 0.2) is 18.6 Å². The van der Waals surface area contributed by atoms with E-state index in [4.69, 9.17) is 5.73 Å². The molecular weight excluding hydrogens is 327 g/mol. The summed E-state index contributed by atoms with van der Waals surface area (Å²) in [4.78, 5) is 15.0. The fourth-order valence-electron chi connectivity index (χ4n) is 2.36. The monoisotopic (exact) mass is 339 g/mol. The van der Waals surface area contributed by atoms with E-state index in [-0.39, 0.29) is 17.1 Å². The number of nitrogens with one attached hydrogen (secondary N) is 1. The SMILES string of the molecule is Cc1[nH]ncc1-n1cc(-c2cnc(C(N)=O)n2C)c(C(F)(F)F)n1. The van der Waals surface area contributed by atoms with Gasteiger partial charge in [-0.25, -0.2) is 9.67 Å². The van der Waals surface area contributed by atoms with Crippen LogP contribution in [-0.4, -0.2) is 35.4 Å². The number of imidazole rings is 1. The standard InChI is InChI=1S/C13H12F3N7O/c1-6-8(4-19-20-6)23-5-7(10(21-23)13(14,15)16)9-3-18-12(11(17)24)22(9)2/h3-5H,1-2H3,(H2,17,24)(H,19,20). The van der Waals surface area contributed by atoms with Crippen molar-refractivity contribution in [2.45, 2.75) is 13.1 Å². The number of carbonyl (C=O) groups is 1. The maximum Gasteiger partial charge on any atom is 0.435 e. The van der Waals surface area contributed by atoms with Crippen LogP contribution in [0.5, 0.6) is 0 Å². The maximum absolute atomic E-state index is 13.4. The Labute approximate surface area is 133 Å². The van der Waals surface area contributed by atoms with E-state index in [1.807, 2.05) is 0 Å². The number of nitrogens with two attached hydrogens (primary N) is 1. The van der Waals surface area contributed by atoms with Crippen LogP contribution in [-0.2, 0) is 13.2 Å². The average Bonchev–Trinajstić information content (AvgIpc) is 3.14. The molecule has 3 N–H and O–H groups in total. The van der Waals surface area contributed by atoms with Gasteiger partial charge < -0.3 is 10.3 Å². The molecule has 0 aromatic carbocycles. The molecule has 8 nitrogen and oxygen atoms in total. The van der Waals surface area contributed by atoms with Gasteiger partial charge in [0.1, 0.15) is 5.69 Å². The molecule has 0 bridgehead atoms. The molecule has 0 aliphatic rings. The number of alkyl halides is 3. The number of aromatic amines is 1. The van der Waals surface area contributed by atoms with Gasteiger partial charge in [-0.1, -0.05) is 0 Å². The second kappa shape index (κ2) is 5.22. The third kappa shape index (κ3) is 2.43. The number of amides is 1. The first-order valence-electron chi connectivity index (χ1n) is 6.69. The average molecular weight is 339 g/mol. The lowest BCUT2D eigenvalue weighted by molar-refractivity contribution is -0.140. The minimum Gasteiger partial charge on any atom is -0.363 e. The van der Waals surface area contributed by atoms with Crippen molar-refractivity contribution in [3.05, 3.63) is 35.8 Å². The fraction of sp³-hybridized carbons (Fsp3) is 0.231. The number of rotatable bonds is 3. The molecule has 0 unspecified atom stereocenters. The van der Waals surface area contributed by atoms with E-state index in [1.54, 1.807) is 6.92 Å². The zero-order chi connectivity index (χ0) is 17.6. The van der Waals surface area contributed by atoms with E-state index in [1.165, 1.54) is 24.0 Å². The molecular formula is C13H12F3N7O. The molecule has 0 spiro atoms. The molecule has 3 aromatic rings. The molecule has 126 valence electrons. The highest BCUT2D eigenvalue weighted by Crippen LogP contribution is 2.36. The first kappa shape index (κ1) is 15.8. The quantitative estimate of drug-likeness (QED) is 0.752. The van der Waals surface area contributed by atoms with Crippen LogP contribution < -0.4 is 5.73 Å². The van der Waals surface area contributed by atoms with Gasteiger partial charge in [-0.2, -0.15) is 23.4 Å². The van der Waals surface area contributed by atoms with Crippen molar-refractivity contribution in [1.82, 2.24) is 29.5 Å². The van der Waals surface area contributed by atoms with Crippen LogP contribution in [0.25, 0.3) is 16.9 Å². The Hall–Kier alpha value is -3.11. The highest BCUT2D eigenvalue weighted by Gasteiger charge is 2.38. The van der Waals surface area contributed by atoms with Gasteiger partial charge in [0.2, 0.25) is 0 Å². The predicted octanol–water partition coefficient (Wildman–Crippen LogP) is 1.42. The smallest absolute Gasteiger partial charge is 0.363 e. The van der Waals surface area contributed by atoms with Crippen molar-refractivity contribution >= 4 is 5.91 Å². The number of carbonyl (C=O) groups excluding carboxylic acids is 1. The van der Waals surface area contributed by atoms with Crippen molar-refractivity contribution in [2.75, 3.05) is 0 Å². The van der Waals surface area contributed by atoms with Crippen LogP contribution >= 0.6 is 0 Å². The summed E-state index contributed by atoms with van der Waals surface area (Å²) >= 11 is 0. The Morgan fingerprint density at radius 1 is 1.33 bits per heavy atom. The van der Waals surface area contributed by atoms with Gasteiger partial charge in [0, 0.05) is 13.2 Å². The second-order valence-corrected chi connectivity index (χ2v) is 5.10. The summed E-state index contributed by atoms with van der Waals surface area (Å²) in [7, 11) is 1.41. The summed E-state index contributed by atoms with van der Waals surface area (Å²) in [6, 6.07) is 0. The minimum absolute atomic E-state index is 0.0727. The lowest BCUT2D eigenvalue weighted by Crippen LogP contribution is -2.17. The topological polar surface area (TPSA) is 107 Å². The lowest BCUT2D eigenvalue weighted by atomic mass is 10.2. The van der Waals surface area contributed by atoms with Crippen LogP contribution in [0.3, 0.4) is 0 Å².